The van der Waals surface area contributed by atoms with E-state index in [1.807, 2.05) is 0 Å². The SMILES string of the molecule is CCCCCCCCc1c(CCCCCCCC)c2cc(N(c3ccc(C)cc3)c3c(C)cc(C)cc3C)ccc2c2ccc(N(c3ccc(C)cc3)c3c(C)cc(C)cc3C)cc12. The van der Waals surface area contributed by atoms with E-state index in [4.69, 9.17) is 0 Å². The second-order valence-electron chi connectivity index (χ2n) is 19.3. The van der Waals surface area contributed by atoms with Crippen LogP contribution >= 0.6 is 0 Å². The number of hydrogen-bond acceptors (Lipinski definition) is 2. The molecule has 2 heteroatoms. The van der Waals surface area contributed by atoms with Crippen molar-refractivity contribution >= 4 is 55.7 Å². The Morgan fingerprint density at radius 3 is 0.953 bits per heavy atom. The van der Waals surface area contributed by atoms with Crippen LogP contribution in [-0.2, 0) is 12.8 Å². The Hall–Kier alpha value is -5.34. The molecular weight excluding hydrogens is 773 g/mol. The van der Waals surface area contributed by atoms with Crippen molar-refractivity contribution in [3.05, 3.63) is 165 Å². The van der Waals surface area contributed by atoms with Crippen molar-refractivity contribution < 1.29 is 0 Å². The summed E-state index contributed by atoms with van der Waals surface area (Å²) < 4.78 is 0. The smallest absolute Gasteiger partial charge is 0.0520 e. The minimum absolute atomic E-state index is 1.10. The minimum atomic E-state index is 1.10. The van der Waals surface area contributed by atoms with Crippen LogP contribution in [0.1, 0.15) is 147 Å². The Kier molecular flexibility index (Phi) is 15.7. The first-order chi connectivity index (χ1) is 31.0. The van der Waals surface area contributed by atoms with E-state index >= 15 is 0 Å². The molecule has 7 aromatic carbocycles. The summed E-state index contributed by atoms with van der Waals surface area (Å²) in [5, 5.41) is 5.58. The number of aryl methyl sites for hydroxylation is 10. The van der Waals surface area contributed by atoms with E-state index in [-0.39, 0.29) is 0 Å². The van der Waals surface area contributed by atoms with Crippen LogP contribution in [0.25, 0.3) is 21.5 Å². The van der Waals surface area contributed by atoms with Gasteiger partial charge in [-0.1, -0.05) is 161 Å². The van der Waals surface area contributed by atoms with E-state index in [1.54, 1.807) is 11.1 Å². The van der Waals surface area contributed by atoms with Crippen LogP contribution in [0.2, 0.25) is 0 Å². The van der Waals surface area contributed by atoms with E-state index in [9.17, 15) is 0 Å². The van der Waals surface area contributed by atoms with Crippen molar-refractivity contribution in [2.45, 2.75) is 159 Å². The molecule has 0 atom stereocenters. The van der Waals surface area contributed by atoms with Gasteiger partial charge in [0.2, 0.25) is 0 Å². The van der Waals surface area contributed by atoms with Crippen LogP contribution in [-0.4, -0.2) is 0 Å². The summed E-state index contributed by atoms with van der Waals surface area (Å²) in [6.07, 6.45) is 17.7. The lowest BCUT2D eigenvalue weighted by molar-refractivity contribution is 0.600. The zero-order chi connectivity index (χ0) is 45.3. The molecule has 0 aliphatic rings. The van der Waals surface area contributed by atoms with Crippen molar-refractivity contribution in [1.82, 2.24) is 0 Å². The zero-order valence-corrected chi connectivity index (χ0v) is 41.2. The normalized spacial score (nSPS) is 11.5. The lowest BCUT2D eigenvalue weighted by Crippen LogP contribution is -2.14. The van der Waals surface area contributed by atoms with E-state index < -0.39 is 0 Å². The van der Waals surface area contributed by atoms with Crippen LogP contribution in [0, 0.1) is 55.4 Å². The first-order valence-electron chi connectivity index (χ1n) is 24.9. The first kappa shape index (κ1) is 46.6. The second-order valence-corrected chi connectivity index (χ2v) is 19.3. The second kappa shape index (κ2) is 21.6. The van der Waals surface area contributed by atoms with Gasteiger partial charge in [-0.15, -0.1) is 0 Å². The average Bonchev–Trinajstić information content (AvgIpc) is 3.26. The highest BCUT2D eigenvalue weighted by molar-refractivity contribution is 6.13. The molecular formula is C62H76N2. The minimum Gasteiger partial charge on any atom is -0.310 e. The van der Waals surface area contributed by atoms with Crippen molar-refractivity contribution in [1.29, 1.82) is 0 Å². The highest BCUT2D eigenvalue weighted by atomic mass is 15.2. The Morgan fingerprint density at radius 1 is 0.297 bits per heavy atom. The highest BCUT2D eigenvalue weighted by Gasteiger charge is 2.23. The highest BCUT2D eigenvalue weighted by Crippen LogP contribution is 2.46. The molecule has 0 unspecified atom stereocenters. The Morgan fingerprint density at radius 2 is 0.609 bits per heavy atom. The number of rotatable bonds is 20. The topological polar surface area (TPSA) is 6.48 Å². The van der Waals surface area contributed by atoms with Crippen molar-refractivity contribution in [2.24, 2.45) is 0 Å². The molecule has 0 aliphatic carbocycles. The molecule has 0 saturated carbocycles. The Balaban J connectivity index is 1.49. The van der Waals surface area contributed by atoms with Crippen LogP contribution < -0.4 is 9.80 Å². The molecule has 0 amide bonds. The monoisotopic (exact) mass is 849 g/mol. The summed E-state index contributed by atoms with van der Waals surface area (Å²) >= 11 is 0. The molecule has 0 heterocycles. The van der Waals surface area contributed by atoms with Gasteiger partial charge in [-0.25, -0.2) is 0 Å². The van der Waals surface area contributed by atoms with Gasteiger partial charge in [0, 0.05) is 22.7 Å². The third-order valence-corrected chi connectivity index (χ3v) is 13.7. The standard InChI is InChI=1S/C62H76N2/c1-11-13-15-17-19-21-23-55-56(24-22-20-18-16-14-12-2)60-42-54(64(52-31-27-44(4)28-32-52)62-49(9)39-46(6)40-50(62)10)34-36-58(60)57-35-33-53(41-59(55)57)63(51-29-25-43(3)26-30-51)61-47(7)37-45(5)38-48(61)8/h25-42H,11-24H2,1-10H3. The first-order valence-corrected chi connectivity index (χ1v) is 24.9. The maximum atomic E-state index is 2.57. The molecule has 2 nitrogen and oxygen atoms in total. The fourth-order valence-corrected chi connectivity index (χ4v) is 10.6. The van der Waals surface area contributed by atoms with E-state index in [1.165, 1.54) is 177 Å². The molecule has 7 rings (SSSR count). The number of anilines is 6. The van der Waals surface area contributed by atoms with Crippen LogP contribution in [0.3, 0.4) is 0 Å². The molecule has 0 saturated heterocycles. The fourth-order valence-electron chi connectivity index (χ4n) is 10.6. The molecule has 0 radical (unpaired) electrons. The van der Waals surface area contributed by atoms with Gasteiger partial charge in [0.25, 0.3) is 0 Å². The largest absolute Gasteiger partial charge is 0.310 e. The molecule has 0 N–H and O–H groups in total. The quantitative estimate of drug-likeness (QED) is 0.0557. The summed E-state index contributed by atoms with van der Waals surface area (Å²) in [6, 6.07) is 42.5. The molecule has 0 bridgehead atoms. The zero-order valence-electron chi connectivity index (χ0n) is 41.2. The summed E-state index contributed by atoms with van der Waals surface area (Å²) in [4.78, 5) is 5.06. The summed E-state index contributed by atoms with van der Waals surface area (Å²) in [7, 11) is 0. The van der Waals surface area contributed by atoms with Crippen molar-refractivity contribution in [3.8, 4) is 0 Å². The molecule has 0 fully saturated rings. The van der Waals surface area contributed by atoms with E-state index in [2.05, 4.69) is 188 Å². The number of nitrogens with zero attached hydrogens (tertiary/aromatic N) is 2. The lowest BCUT2D eigenvalue weighted by Gasteiger charge is -2.31. The van der Waals surface area contributed by atoms with Gasteiger partial charge in [0.05, 0.1) is 11.4 Å². The third kappa shape index (κ3) is 10.6. The molecule has 64 heavy (non-hydrogen) atoms. The van der Waals surface area contributed by atoms with Gasteiger partial charge < -0.3 is 9.80 Å². The third-order valence-electron chi connectivity index (χ3n) is 13.7. The van der Waals surface area contributed by atoms with Crippen LogP contribution in [0.15, 0.2) is 109 Å². The number of benzene rings is 7. The Labute approximate surface area is 387 Å². The predicted octanol–water partition coefficient (Wildman–Crippen LogP) is 19.2. The summed E-state index contributed by atoms with van der Waals surface area (Å²) in [6.45, 7) is 22.6. The van der Waals surface area contributed by atoms with Crippen molar-refractivity contribution in [3.63, 3.8) is 0 Å². The van der Waals surface area contributed by atoms with Gasteiger partial charge in [0.1, 0.15) is 0 Å². The summed E-state index contributed by atoms with van der Waals surface area (Å²) in [5.41, 5.74) is 20.9. The summed E-state index contributed by atoms with van der Waals surface area (Å²) in [5.74, 6) is 0. The number of hydrogen-bond donors (Lipinski definition) is 0. The molecule has 0 aromatic heterocycles. The van der Waals surface area contributed by atoms with Gasteiger partial charge in [-0.2, -0.15) is 0 Å². The van der Waals surface area contributed by atoms with Gasteiger partial charge in [-0.05, 0) is 185 Å². The number of fused-ring (bicyclic) bond motifs is 3. The van der Waals surface area contributed by atoms with Gasteiger partial charge >= 0.3 is 0 Å². The molecule has 334 valence electrons. The molecule has 7 aromatic rings. The number of unbranched alkanes of at least 4 members (excludes halogenated alkanes) is 10. The maximum absolute atomic E-state index is 2.57. The van der Waals surface area contributed by atoms with Gasteiger partial charge in [0.15, 0.2) is 0 Å². The van der Waals surface area contributed by atoms with Crippen molar-refractivity contribution in [2.75, 3.05) is 9.80 Å². The lowest BCUT2D eigenvalue weighted by atomic mass is 9.86. The average molecular weight is 849 g/mol. The van der Waals surface area contributed by atoms with E-state index in [0.717, 1.165) is 12.8 Å². The van der Waals surface area contributed by atoms with Gasteiger partial charge in [-0.3, -0.25) is 0 Å². The van der Waals surface area contributed by atoms with Crippen LogP contribution in [0.5, 0.6) is 0 Å². The van der Waals surface area contributed by atoms with E-state index in [0.29, 0.717) is 0 Å². The van der Waals surface area contributed by atoms with Crippen LogP contribution in [0.4, 0.5) is 34.1 Å². The fraction of sp³-hybridized carbons (Fsp3) is 0.387. The molecule has 0 spiro atoms. The maximum Gasteiger partial charge on any atom is 0.0520 e. The predicted molar refractivity (Wildman–Crippen MR) is 283 cm³/mol. The Bertz CT molecular complexity index is 2430. The molecule has 0 aliphatic heterocycles.